The molecule has 2 aromatic carbocycles. The van der Waals surface area contributed by atoms with Crippen LogP contribution in [0.5, 0.6) is 5.75 Å². The molecule has 2 N–H and O–H groups in total. The number of aromatic carboxylic acids is 1. The second kappa shape index (κ2) is 8.32. The Bertz CT molecular complexity index is 1390. The van der Waals surface area contributed by atoms with Gasteiger partial charge in [0.1, 0.15) is 17.1 Å². The number of hydrogen-bond donors (Lipinski definition) is 2. The monoisotopic (exact) mass is 485 g/mol. The molecular weight excluding hydrogens is 465 g/mol. The molecule has 0 unspecified atom stereocenters. The molecule has 176 valence electrons. The fraction of sp³-hybridized carbons (Fsp3) is 0.292. The molecule has 34 heavy (non-hydrogen) atoms. The Kier molecular flexibility index (Phi) is 5.44. The summed E-state index contributed by atoms with van der Waals surface area (Å²) in [4.78, 5) is 40.4. The van der Waals surface area contributed by atoms with Gasteiger partial charge < -0.3 is 24.6 Å². The Morgan fingerprint density at radius 2 is 1.74 bits per heavy atom. The van der Waals surface area contributed by atoms with Gasteiger partial charge in [0, 0.05) is 48.8 Å². The maximum Gasteiger partial charge on any atom is 0.341 e. The molecule has 2 aliphatic rings. The van der Waals surface area contributed by atoms with Gasteiger partial charge in [-0.2, -0.15) is 0 Å². The number of nitrogens with zero attached hydrogens (tertiary/aromatic N) is 3. The third-order valence-electron chi connectivity index (χ3n) is 6.37. The molecule has 1 amide bonds. The quantitative estimate of drug-likeness (QED) is 0.586. The molecule has 0 spiro atoms. The van der Waals surface area contributed by atoms with E-state index in [-0.39, 0.29) is 34.2 Å². The third-order valence-corrected chi connectivity index (χ3v) is 6.60. The number of amides is 1. The number of carbonyl (C=O) groups excluding carboxylic acids is 1. The number of carboxylic acid groups (broad SMARTS) is 1. The summed E-state index contributed by atoms with van der Waals surface area (Å²) in [5.74, 6) is -2.47. The fourth-order valence-corrected chi connectivity index (χ4v) is 4.58. The highest BCUT2D eigenvalue weighted by atomic mass is 35.5. The van der Waals surface area contributed by atoms with E-state index in [1.807, 2.05) is 0 Å². The number of halogens is 2. The molecule has 8 nitrogen and oxygen atoms in total. The molecule has 0 bridgehead atoms. The van der Waals surface area contributed by atoms with Crippen LogP contribution in [0.3, 0.4) is 0 Å². The first kappa shape index (κ1) is 22.2. The van der Waals surface area contributed by atoms with E-state index in [9.17, 15) is 24.6 Å². The molecule has 1 aliphatic heterocycles. The number of carboxylic acids is 1. The number of aromatic nitrogens is 1. The van der Waals surface area contributed by atoms with Gasteiger partial charge in [0.05, 0.1) is 16.8 Å². The Morgan fingerprint density at radius 3 is 2.38 bits per heavy atom. The Morgan fingerprint density at radius 1 is 1.03 bits per heavy atom. The van der Waals surface area contributed by atoms with Crippen molar-refractivity contribution in [3.63, 3.8) is 0 Å². The Balaban J connectivity index is 1.44. The Hall–Kier alpha value is -3.59. The van der Waals surface area contributed by atoms with Gasteiger partial charge >= 0.3 is 5.97 Å². The summed E-state index contributed by atoms with van der Waals surface area (Å²) in [7, 11) is 0. The number of piperazine rings is 1. The number of benzene rings is 2. The predicted octanol–water partition coefficient (Wildman–Crippen LogP) is 3.50. The minimum atomic E-state index is -1.34. The molecule has 1 aliphatic carbocycles. The molecule has 0 atom stereocenters. The van der Waals surface area contributed by atoms with Crippen molar-refractivity contribution in [2.45, 2.75) is 18.9 Å². The van der Waals surface area contributed by atoms with E-state index >= 15 is 4.39 Å². The number of rotatable bonds is 4. The van der Waals surface area contributed by atoms with Crippen molar-refractivity contribution in [2.24, 2.45) is 0 Å². The first-order valence-electron chi connectivity index (χ1n) is 10.9. The molecule has 5 rings (SSSR count). The van der Waals surface area contributed by atoms with Gasteiger partial charge in [-0.15, -0.1) is 0 Å². The maximum atomic E-state index is 15.1. The highest BCUT2D eigenvalue weighted by Crippen LogP contribution is 2.38. The first-order valence-corrected chi connectivity index (χ1v) is 11.3. The van der Waals surface area contributed by atoms with E-state index in [1.54, 1.807) is 20.4 Å². The summed E-state index contributed by atoms with van der Waals surface area (Å²) in [5.41, 5.74) is -0.177. The number of phenols is 1. The van der Waals surface area contributed by atoms with Crippen LogP contribution in [0.15, 0.2) is 41.3 Å². The molecule has 3 aromatic rings. The van der Waals surface area contributed by atoms with Crippen LogP contribution in [0, 0.1) is 5.82 Å². The summed E-state index contributed by atoms with van der Waals surface area (Å²) in [6.45, 7) is 1.29. The van der Waals surface area contributed by atoms with Crippen LogP contribution in [0.4, 0.5) is 10.1 Å². The number of pyridine rings is 1. The lowest BCUT2D eigenvalue weighted by Gasteiger charge is -2.36. The summed E-state index contributed by atoms with van der Waals surface area (Å²) >= 11 is 5.96. The Labute approximate surface area is 198 Å². The van der Waals surface area contributed by atoms with Crippen molar-refractivity contribution in [3.8, 4) is 5.75 Å². The number of carbonyl (C=O) groups is 2. The number of phenolic OH excluding ortho intramolecular Hbond substituents is 1. The SMILES string of the molecule is O=C(O)c1cn(C2CC2)c2cc(N3CCN(C(=O)c4cc(Cl)ccc4O)CC3)c(F)cc2c1=O. The van der Waals surface area contributed by atoms with Gasteiger partial charge in [-0.1, -0.05) is 11.6 Å². The van der Waals surface area contributed by atoms with Gasteiger partial charge in [-0.05, 0) is 43.2 Å². The predicted molar refractivity (Wildman–Crippen MR) is 125 cm³/mol. The van der Waals surface area contributed by atoms with Crippen molar-refractivity contribution in [1.82, 2.24) is 9.47 Å². The van der Waals surface area contributed by atoms with Crippen LogP contribution in [-0.2, 0) is 0 Å². The molecule has 1 aromatic heterocycles. The highest BCUT2D eigenvalue weighted by molar-refractivity contribution is 6.31. The van der Waals surface area contributed by atoms with Crippen molar-refractivity contribution >= 4 is 40.1 Å². The van der Waals surface area contributed by atoms with Crippen LogP contribution < -0.4 is 10.3 Å². The van der Waals surface area contributed by atoms with Gasteiger partial charge in [0.15, 0.2) is 0 Å². The van der Waals surface area contributed by atoms with Gasteiger partial charge in [-0.3, -0.25) is 9.59 Å². The van der Waals surface area contributed by atoms with Crippen LogP contribution >= 0.6 is 11.6 Å². The molecule has 2 heterocycles. The summed E-state index contributed by atoms with van der Waals surface area (Å²) in [5, 5.41) is 19.8. The molecular formula is C24H21ClFN3O5. The fourth-order valence-electron chi connectivity index (χ4n) is 4.41. The van der Waals surface area contributed by atoms with Crippen molar-refractivity contribution in [3.05, 3.63) is 68.7 Å². The number of fused-ring (bicyclic) bond motifs is 1. The van der Waals surface area contributed by atoms with Crippen molar-refractivity contribution in [2.75, 3.05) is 31.1 Å². The molecule has 1 saturated carbocycles. The zero-order valence-corrected chi connectivity index (χ0v) is 18.8. The zero-order valence-electron chi connectivity index (χ0n) is 18.0. The summed E-state index contributed by atoms with van der Waals surface area (Å²) in [6, 6.07) is 7.06. The first-order chi connectivity index (χ1) is 16.2. The lowest BCUT2D eigenvalue weighted by Crippen LogP contribution is -2.49. The van der Waals surface area contributed by atoms with Crippen LogP contribution in [0.2, 0.25) is 5.02 Å². The largest absolute Gasteiger partial charge is 0.507 e. The van der Waals surface area contributed by atoms with Gasteiger partial charge in [-0.25, -0.2) is 9.18 Å². The standard InChI is InChI=1S/C24H21ClFN3O5/c25-13-1-4-21(30)16(9-13)23(32)28-7-5-27(6-8-28)20-11-19-15(10-18(20)26)22(31)17(24(33)34)12-29(19)14-2-3-14/h1,4,9-12,14,30H,2-3,5-8H2,(H,33,34). The third kappa shape index (κ3) is 3.86. The van der Waals surface area contributed by atoms with Crippen LogP contribution in [0.1, 0.15) is 39.6 Å². The van der Waals surface area contributed by atoms with Gasteiger partial charge in [0.25, 0.3) is 5.91 Å². The smallest absolute Gasteiger partial charge is 0.341 e. The molecule has 0 radical (unpaired) electrons. The van der Waals surface area contributed by atoms with E-state index in [2.05, 4.69) is 0 Å². The van der Waals surface area contributed by atoms with Crippen molar-refractivity contribution < 1.29 is 24.2 Å². The highest BCUT2D eigenvalue weighted by Gasteiger charge is 2.29. The average Bonchev–Trinajstić information content (AvgIpc) is 3.66. The minimum absolute atomic E-state index is 0.0401. The minimum Gasteiger partial charge on any atom is -0.507 e. The maximum absolute atomic E-state index is 15.1. The molecule has 2 fully saturated rings. The lowest BCUT2D eigenvalue weighted by molar-refractivity contribution is 0.0693. The van der Waals surface area contributed by atoms with Crippen LogP contribution in [-0.4, -0.2) is 57.7 Å². The second-order valence-corrected chi connectivity index (χ2v) is 9.01. The van der Waals surface area contributed by atoms with E-state index in [1.165, 1.54) is 24.4 Å². The average molecular weight is 486 g/mol. The lowest BCUT2D eigenvalue weighted by atomic mass is 10.1. The van der Waals surface area contributed by atoms with E-state index in [0.717, 1.165) is 18.9 Å². The topological polar surface area (TPSA) is 103 Å². The summed E-state index contributed by atoms with van der Waals surface area (Å²) in [6.07, 6.45) is 3.07. The summed E-state index contributed by atoms with van der Waals surface area (Å²) < 4.78 is 16.9. The number of anilines is 1. The van der Waals surface area contributed by atoms with E-state index < -0.39 is 17.2 Å². The zero-order chi connectivity index (χ0) is 24.1. The second-order valence-electron chi connectivity index (χ2n) is 8.58. The normalized spacial score (nSPS) is 16.2. The van der Waals surface area contributed by atoms with E-state index in [4.69, 9.17) is 11.6 Å². The number of aromatic hydroxyl groups is 1. The molecule has 1 saturated heterocycles. The molecule has 10 heteroatoms. The van der Waals surface area contributed by atoms with E-state index in [0.29, 0.717) is 42.4 Å². The van der Waals surface area contributed by atoms with Crippen LogP contribution in [0.25, 0.3) is 10.9 Å². The van der Waals surface area contributed by atoms with Crippen molar-refractivity contribution in [1.29, 1.82) is 0 Å². The number of hydrogen-bond acceptors (Lipinski definition) is 5. The van der Waals surface area contributed by atoms with Gasteiger partial charge in [0.2, 0.25) is 5.43 Å².